The van der Waals surface area contributed by atoms with E-state index >= 15 is 0 Å². The number of hydrogen-bond acceptors (Lipinski definition) is 8. The van der Waals surface area contributed by atoms with E-state index in [1.54, 1.807) is 14.2 Å². The van der Waals surface area contributed by atoms with Crippen molar-refractivity contribution in [2.75, 3.05) is 24.9 Å². The molecule has 7 rings (SSSR count). The van der Waals surface area contributed by atoms with Gasteiger partial charge in [-0.25, -0.2) is 19.9 Å². The molecule has 2 N–H and O–H groups in total. The highest BCUT2D eigenvalue weighted by Gasteiger charge is 2.13. The van der Waals surface area contributed by atoms with Crippen LogP contribution in [0.15, 0.2) is 121 Å². The summed E-state index contributed by atoms with van der Waals surface area (Å²) < 4.78 is 10.6. The van der Waals surface area contributed by atoms with Gasteiger partial charge in [0.1, 0.15) is 23.1 Å². The smallest absolute Gasteiger partial charge is 0.162 e. The summed E-state index contributed by atoms with van der Waals surface area (Å²) in [4.78, 5) is 19.6. The molecule has 0 aliphatic rings. The monoisotopic (exact) mass is 576 g/mol. The van der Waals surface area contributed by atoms with Crippen molar-refractivity contribution >= 4 is 44.8 Å². The van der Waals surface area contributed by atoms with Crippen LogP contribution in [0.3, 0.4) is 0 Å². The zero-order chi connectivity index (χ0) is 29.9. The zero-order valence-corrected chi connectivity index (χ0v) is 24.2. The first kappa shape index (κ1) is 26.9. The number of anilines is 4. The van der Waals surface area contributed by atoms with Crippen LogP contribution >= 0.6 is 0 Å². The summed E-state index contributed by atoms with van der Waals surface area (Å²) in [5.41, 5.74) is 5.28. The van der Waals surface area contributed by atoms with Gasteiger partial charge in [0.2, 0.25) is 0 Å². The number of benzene rings is 5. The van der Waals surface area contributed by atoms with E-state index in [1.807, 2.05) is 121 Å². The molecule has 7 aromatic rings. The van der Waals surface area contributed by atoms with Gasteiger partial charge in [0.05, 0.1) is 25.3 Å². The Bertz CT molecular complexity index is 1930. The Balaban J connectivity index is 1.22. The molecule has 214 valence electrons. The molecule has 0 saturated heterocycles. The van der Waals surface area contributed by atoms with E-state index in [-0.39, 0.29) is 0 Å². The highest BCUT2D eigenvalue weighted by molar-refractivity contribution is 5.93. The fourth-order valence-corrected chi connectivity index (χ4v) is 4.99. The number of fused-ring (bicyclic) bond motifs is 2. The van der Waals surface area contributed by atoms with E-state index in [0.717, 1.165) is 67.4 Å². The third kappa shape index (κ3) is 5.44. The predicted octanol–water partition coefficient (Wildman–Crippen LogP) is 8.41. The van der Waals surface area contributed by atoms with Gasteiger partial charge in [0.15, 0.2) is 11.6 Å². The van der Waals surface area contributed by atoms with Gasteiger partial charge in [-0.1, -0.05) is 48.5 Å². The van der Waals surface area contributed by atoms with Gasteiger partial charge >= 0.3 is 0 Å². The minimum Gasteiger partial charge on any atom is -0.497 e. The molecule has 8 nitrogen and oxygen atoms in total. The lowest BCUT2D eigenvalue weighted by molar-refractivity contribution is 0.415. The SMILES string of the molecule is COc1ccc(Nc2nc(-c3ccc(-c4nc(Nc5ccc(OC)cc5)c5ccccc5n4)cc3)nc3ccccc23)cc1. The number of para-hydroxylation sites is 2. The molecule has 0 spiro atoms. The molecule has 0 bridgehead atoms. The minimum atomic E-state index is 0.618. The van der Waals surface area contributed by atoms with Crippen molar-refractivity contribution in [2.24, 2.45) is 0 Å². The maximum absolute atomic E-state index is 5.30. The van der Waals surface area contributed by atoms with Crippen molar-refractivity contribution in [3.63, 3.8) is 0 Å². The lowest BCUT2D eigenvalue weighted by atomic mass is 10.1. The van der Waals surface area contributed by atoms with Crippen molar-refractivity contribution in [2.45, 2.75) is 0 Å². The molecular weight excluding hydrogens is 548 g/mol. The first-order valence-electron chi connectivity index (χ1n) is 14.1. The van der Waals surface area contributed by atoms with Gasteiger partial charge in [0.25, 0.3) is 0 Å². The Morgan fingerprint density at radius 2 is 0.818 bits per heavy atom. The number of hydrogen-bond donors (Lipinski definition) is 2. The van der Waals surface area contributed by atoms with E-state index in [9.17, 15) is 0 Å². The number of nitrogens with zero attached hydrogens (tertiary/aromatic N) is 4. The predicted molar refractivity (Wildman–Crippen MR) is 176 cm³/mol. The van der Waals surface area contributed by atoms with Crippen LogP contribution in [0.5, 0.6) is 11.5 Å². The van der Waals surface area contributed by atoms with Crippen LogP contribution in [-0.4, -0.2) is 34.2 Å². The first-order valence-corrected chi connectivity index (χ1v) is 14.1. The molecule has 0 amide bonds. The highest BCUT2D eigenvalue weighted by Crippen LogP contribution is 2.31. The molecule has 0 saturated carbocycles. The Labute approximate surface area is 254 Å². The molecule has 8 heteroatoms. The Morgan fingerprint density at radius 3 is 1.20 bits per heavy atom. The first-order chi connectivity index (χ1) is 21.7. The third-order valence-electron chi connectivity index (χ3n) is 7.31. The van der Waals surface area contributed by atoms with Gasteiger partial charge in [-0.2, -0.15) is 0 Å². The van der Waals surface area contributed by atoms with E-state index in [0.29, 0.717) is 11.6 Å². The fourth-order valence-electron chi connectivity index (χ4n) is 4.99. The molecule has 0 atom stereocenters. The Morgan fingerprint density at radius 1 is 0.432 bits per heavy atom. The summed E-state index contributed by atoms with van der Waals surface area (Å²) in [6.07, 6.45) is 0. The quantitative estimate of drug-likeness (QED) is 0.186. The summed E-state index contributed by atoms with van der Waals surface area (Å²) in [5, 5.41) is 8.78. The third-order valence-corrected chi connectivity index (χ3v) is 7.31. The molecule has 0 unspecified atom stereocenters. The topological polar surface area (TPSA) is 94.1 Å². The molecule has 0 fully saturated rings. The number of aromatic nitrogens is 4. The van der Waals surface area contributed by atoms with Crippen LogP contribution < -0.4 is 20.1 Å². The normalized spacial score (nSPS) is 11.0. The van der Waals surface area contributed by atoms with Crippen molar-refractivity contribution in [3.8, 4) is 34.3 Å². The second-order valence-corrected chi connectivity index (χ2v) is 10.1. The largest absolute Gasteiger partial charge is 0.497 e. The molecule has 0 radical (unpaired) electrons. The maximum Gasteiger partial charge on any atom is 0.162 e. The van der Waals surface area contributed by atoms with Crippen molar-refractivity contribution in [3.05, 3.63) is 121 Å². The van der Waals surface area contributed by atoms with Gasteiger partial charge in [-0.15, -0.1) is 0 Å². The Hall–Kier alpha value is -6.02. The number of ether oxygens (including phenoxy) is 2. The van der Waals surface area contributed by atoms with Gasteiger partial charge in [0, 0.05) is 33.3 Å². The van der Waals surface area contributed by atoms with Crippen LogP contribution in [0, 0.1) is 0 Å². The lowest BCUT2D eigenvalue weighted by Crippen LogP contribution is -2.00. The standard InChI is InChI=1S/C36H28N6O2/c1-43-27-19-15-25(16-20-27)37-35-29-7-3-5-9-31(29)39-33(41-35)23-11-13-24(14-12-23)34-40-32-10-6-4-8-30(32)36(42-34)38-26-17-21-28(44-2)22-18-26/h3-22H,1-2H3,(H,37,39,41)(H,38,40,42). The van der Waals surface area contributed by atoms with Gasteiger partial charge < -0.3 is 20.1 Å². The molecule has 44 heavy (non-hydrogen) atoms. The van der Waals surface area contributed by atoms with Crippen LogP contribution in [0.25, 0.3) is 44.6 Å². The summed E-state index contributed by atoms with van der Waals surface area (Å²) in [7, 11) is 3.31. The molecule has 0 aliphatic heterocycles. The summed E-state index contributed by atoms with van der Waals surface area (Å²) in [5.74, 6) is 4.28. The summed E-state index contributed by atoms with van der Waals surface area (Å²) in [6.45, 7) is 0. The van der Waals surface area contributed by atoms with E-state index < -0.39 is 0 Å². The van der Waals surface area contributed by atoms with Crippen LogP contribution in [0.2, 0.25) is 0 Å². The van der Waals surface area contributed by atoms with Crippen molar-refractivity contribution < 1.29 is 9.47 Å². The lowest BCUT2D eigenvalue weighted by Gasteiger charge is -2.13. The second-order valence-electron chi connectivity index (χ2n) is 10.1. The zero-order valence-electron chi connectivity index (χ0n) is 24.2. The maximum atomic E-state index is 5.30. The van der Waals surface area contributed by atoms with Crippen molar-refractivity contribution in [1.82, 2.24) is 19.9 Å². The van der Waals surface area contributed by atoms with Crippen LogP contribution in [-0.2, 0) is 0 Å². The highest BCUT2D eigenvalue weighted by atomic mass is 16.5. The number of methoxy groups -OCH3 is 2. The Kier molecular flexibility index (Phi) is 7.14. The molecular formula is C36H28N6O2. The summed E-state index contributed by atoms with van der Waals surface area (Å²) >= 11 is 0. The molecule has 5 aromatic carbocycles. The number of rotatable bonds is 8. The average molecular weight is 577 g/mol. The molecule has 0 aliphatic carbocycles. The molecule has 2 aromatic heterocycles. The van der Waals surface area contributed by atoms with Crippen LogP contribution in [0.4, 0.5) is 23.0 Å². The van der Waals surface area contributed by atoms with E-state index in [4.69, 9.17) is 29.4 Å². The number of nitrogens with one attached hydrogen (secondary N) is 2. The van der Waals surface area contributed by atoms with Gasteiger partial charge in [-0.05, 0) is 72.8 Å². The minimum absolute atomic E-state index is 0.618. The summed E-state index contributed by atoms with van der Waals surface area (Å²) in [6, 6.07) is 39.5. The van der Waals surface area contributed by atoms with Gasteiger partial charge in [-0.3, -0.25) is 0 Å². The van der Waals surface area contributed by atoms with E-state index in [1.165, 1.54) is 0 Å². The molecule has 2 heterocycles. The second kappa shape index (κ2) is 11.7. The average Bonchev–Trinajstić information content (AvgIpc) is 3.09. The van der Waals surface area contributed by atoms with E-state index in [2.05, 4.69) is 10.6 Å². The fraction of sp³-hybridized carbons (Fsp3) is 0.0556. The van der Waals surface area contributed by atoms with Crippen LogP contribution in [0.1, 0.15) is 0 Å². The van der Waals surface area contributed by atoms with Crippen molar-refractivity contribution in [1.29, 1.82) is 0 Å².